The summed E-state index contributed by atoms with van der Waals surface area (Å²) in [5, 5.41) is 8.86. The van der Waals surface area contributed by atoms with Gasteiger partial charge in [-0.25, -0.2) is 4.79 Å². The van der Waals surface area contributed by atoms with Crippen LogP contribution in [0.5, 0.6) is 0 Å². The quantitative estimate of drug-likeness (QED) is 0.702. The molecule has 0 aromatic carbocycles. The molecule has 1 spiro atoms. The molecule has 1 aliphatic heterocycles. The van der Waals surface area contributed by atoms with Gasteiger partial charge in [-0.3, -0.25) is 0 Å². The number of carboxylic acid groups (broad SMARTS) is 1. The topological polar surface area (TPSA) is 46.5 Å². The molecule has 2 rings (SSSR count). The predicted molar refractivity (Wildman–Crippen MR) is 52.1 cm³/mol. The van der Waals surface area contributed by atoms with E-state index in [0.717, 1.165) is 25.7 Å². The maximum Gasteiger partial charge on any atom is 0.332 e. The van der Waals surface area contributed by atoms with Crippen LogP contribution in [-0.2, 0) is 9.53 Å². The summed E-state index contributed by atoms with van der Waals surface area (Å²) in [7, 11) is 0. The fraction of sp³-hybridized carbons (Fsp3) is 0.909. The molecule has 0 amide bonds. The van der Waals surface area contributed by atoms with Crippen molar-refractivity contribution >= 4 is 5.97 Å². The van der Waals surface area contributed by atoms with E-state index < -0.39 is 12.1 Å². The zero-order chi connectivity index (χ0) is 10.4. The van der Waals surface area contributed by atoms with Gasteiger partial charge in [0.05, 0.1) is 5.60 Å². The van der Waals surface area contributed by atoms with E-state index in [1.807, 2.05) is 0 Å². The summed E-state index contributed by atoms with van der Waals surface area (Å²) in [6.45, 7) is 4.47. The van der Waals surface area contributed by atoms with Gasteiger partial charge in [0.2, 0.25) is 0 Å². The minimum absolute atomic E-state index is 0.105. The van der Waals surface area contributed by atoms with Crippen molar-refractivity contribution in [3.8, 4) is 0 Å². The number of hydrogen-bond acceptors (Lipinski definition) is 2. The smallest absolute Gasteiger partial charge is 0.332 e. The molecule has 3 nitrogen and oxygen atoms in total. The molecule has 1 aliphatic carbocycles. The van der Waals surface area contributed by atoms with Crippen LogP contribution in [-0.4, -0.2) is 22.8 Å². The third-order valence-electron chi connectivity index (χ3n) is 3.59. The minimum atomic E-state index is -0.799. The summed E-state index contributed by atoms with van der Waals surface area (Å²) in [4.78, 5) is 10.8. The highest BCUT2D eigenvalue weighted by Crippen LogP contribution is 2.51. The Kier molecular flexibility index (Phi) is 2.11. The van der Waals surface area contributed by atoms with E-state index in [2.05, 4.69) is 13.8 Å². The lowest BCUT2D eigenvalue weighted by Gasteiger charge is -2.25. The monoisotopic (exact) mass is 198 g/mol. The number of rotatable bonds is 1. The Morgan fingerprint density at radius 3 is 2.50 bits per heavy atom. The van der Waals surface area contributed by atoms with Crippen molar-refractivity contribution in [3.05, 3.63) is 0 Å². The van der Waals surface area contributed by atoms with E-state index >= 15 is 0 Å². The highest BCUT2D eigenvalue weighted by atomic mass is 16.5. The van der Waals surface area contributed by atoms with Crippen LogP contribution in [0.2, 0.25) is 0 Å². The van der Waals surface area contributed by atoms with Crippen molar-refractivity contribution in [2.75, 3.05) is 0 Å². The van der Waals surface area contributed by atoms with Crippen molar-refractivity contribution in [2.24, 2.45) is 5.41 Å². The van der Waals surface area contributed by atoms with Crippen LogP contribution in [0.15, 0.2) is 0 Å². The molecule has 0 bridgehead atoms. The predicted octanol–water partition coefficient (Wildman–Crippen LogP) is 2.20. The van der Waals surface area contributed by atoms with E-state index in [4.69, 9.17) is 9.84 Å². The zero-order valence-electron chi connectivity index (χ0n) is 8.88. The van der Waals surface area contributed by atoms with E-state index in [-0.39, 0.29) is 5.60 Å². The van der Waals surface area contributed by atoms with Gasteiger partial charge in [0.15, 0.2) is 6.10 Å². The minimum Gasteiger partial charge on any atom is -0.479 e. The number of carboxylic acids is 1. The average molecular weight is 198 g/mol. The first-order valence-corrected chi connectivity index (χ1v) is 5.33. The van der Waals surface area contributed by atoms with Crippen molar-refractivity contribution in [2.45, 2.75) is 57.7 Å². The van der Waals surface area contributed by atoms with Gasteiger partial charge >= 0.3 is 5.97 Å². The maximum atomic E-state index is 10.8. The normalized spacial score (nSPS) is 40.6. The second-order valence-electron chi connectivity index (χ2n) is 5.51. The van der Waals surface area contributed by atoms with Gasteiger partial charge in [-0.15, -0.1) is 0 Å². The van der Waals surface area contributed by atoms with Gasteiger partial charge in [0.25, 0.3) is 0 Å². The number of ether oxygens (including phenoxy) is 1. The molecular weight excluding hydrogens is 180 g/mol. The van der Waals surface area contributed by atoms with Gasteiger partial charge in [-0.2, -0.15) is 0 Å². The molecule has 1 saturated heterocycles. The third kappa shape index (κ3) is 1.65. The number of hydrogen-bond donors (Lipinski definition) is 1. The first-order chi connectivity index (χ1) is 6.43. The van der Waals surface area contributed by atoms with Gasteiger partial charge in [0.1, 0.15) is 0 Å². The Morgan fingerprint density at radius 2 is 2.07 bits per heavy atom. The fourth-order valence-electron chi connectivity index (χ4n) is 2.92. The fourth-order valence-corrected chi connectivity index (χ4v) is 2.92. The molecule has 14 heavy (non-hydrogen) atoms. The van der Waals surface area contributed by atoms with Crippen LogP contribution < -0.4 is 0 Å². The lowest BCUT2D eigenvalue weighted by atomic mass is 9.88. The first kappa shape index (κ1) is 9.97. The molecule has 2 aliphatic rings. The standard InChI is InChI=1S/C11H18O3/c1-10(2)5-6-11(7-10)4-3-8(14-11)9(12)13/h8H,3-7H2,1-2H3,(H,12,13). The van der Waals surface area contributed by atoms with Crippen molar-refractivity contribution < 1.29 is 14.6 Å². The first-order valence-electron chi connectivity index (χ1n) is 5.33. The van der Waals surface area contributed by atoms with Crippen LogP contribution in [0.3, 0.4) is 0 Å². The molecule has 1 heterocycles. The maximum absolute atomic E-state index is 10.8. The molecule has 1 saturated carbocycles. The summed E-state index contributed by atoms with van der Waals surface area (Å²) in [5.41, 5.74) is 0.222. The third-order valence-corrected chi connectivity index (χ3v) is 3.59. The Hall–Kier alpha value is -0.570. The largest absolute Gasteiger partial charge is 0.479 e. The average Bonchev–Trinajstić information content (AvgIpc) is 2.58. The van der Waals surface area contributed by atoms with Crippen LogP contribution >= 0.6 is 0 Å². The summed E-state index contributed by atoms with van der Waals surface area (Å²) in [6.07, 6.45) is 4.26. The highest BCUT2D eigenvalue weighted by Gasteiger charge is 2.50. The molecule has 2 fully saturated rings. The van der Waals surface area contributed by atoms with Crippen LogP contribution in [0, 0.1) is 5.41 Å². The second kappa shape index (κ2) is 2.96. The van der Waals surface area contributed by atoms with E-state index in [0.29, 0.717) is 11.8 Å². The highest BCUT2D eigenvalue weighted by molar-refractivity contribution is 5.72. The Balaban J connectivity index is 2.04. The van der Waals surface area contributed by atoms with Crippen LogP contribution in [0.25, 0.3) is 0 Å². The molecule has 0 radical (unpaired) electrons. The molecule has 2 atom stereocenters. The second-order valence-corrected chi connectivity index (χ2v) is 5.51. The van der Waals surface area contributed by atoms with Crippen LogP contribution in [0.4, 0.5) is 0 Å². The van der Waals surface area contributed by atoms with Gasteiger partial charge in [-0.05, 0) is 37.5 Å². The summed E-state index contributed by atoms with van der Waals surface area (Å²) < 4.78 is 5.71. The number of carbonyl (C=O) groups is 1. The Labute approximate surface area is 84.4 Å². The van der Waals surface area contributed by atoms with Gasteiger partial charge < -0.3 is 9.84 Å². The molecule has 3 heteroatoms. The molecular formula is C11H18O3. The molecule has 1 N–H and O–H groups in total. The molecule has 0 aromatic heterocycles. The Bertz CT molecular complexity index is 259. The summed E-state index contributed by atoms with van der Waals surface area (Å²) in [5.74, 6) is -0.799. The lowest BCUT2D eigenvalue weighted by molar-refractivity contribution is -0.154. The van der Waals surface area contributed by atoms with Gasteiger partial charge in [0, 0.05) is 0 Å². The lowest BCUT2D eigenvalue weighted by Crippen LogP contribution is -2.29. The number of aliphatic carboxylic acids is 1. The van der Waals surface area contributed by atoms with Crippen molar-refractivity contribution in [1.29, 1.82) is 0 Å². The SMILES string of the molecule is CC1(C)CCC2(CCC(C(=O)O)O2)C1. The van der Waals surface area contributed by atoms with Crippen molar-refractivity contribution in [3.63, 3.8) is 0 Å². The molecule has 0 aromatic rings. The van der Waals surface area contributed by atoms with Gasteiger partial charge in [-0.1, -0.05) is 13.8 Å². The van der Waals surface area contributed by atoms with E-state index in [1.165, 1.54) is 0 Å². The summed E-state index contributed by atoms with van der Waals surface area (Å²) >= 11 is 0. The van der Waals surface area contributed by atoms with E-state index in [9.17, 15) is 4.79 Å². The van der Waals surface area contributed by atoms with Crippen molar-refractivity contribution in [1.82, 2.24) is 0 Å². The summed E-state index contributed by atoms with van der Waals surface area (Å²) in [6, 6.07) is 0. The molecule has 2 unspecified atom stereocenters. The van der Waals surface area contributed by atoms with E-state index in [1.54, 1.807) is 0 Å². The van der Waals surface area contributed by atoms with Crippen LogP contribution in [0.1, 0.15) is 46.0 Å². The zero-order valence-corrected chi connectivity index (χ0v) is 8.88. The Morgan fingerprint density at radius 1 is 1.36 bits per heavy atom. The molecule has 80 valence electrons.